The molecule has 1 amide bonds. The number of allylic oxidation sites excluding steroid dienone is 3. The van der Waals surface area contributed by atoms with Crippen LogP contribution < -0.4 is 10.6 Å². The monoisotopic (exact) mass is 477 g/mol. The molecule has 0 bridgehead atoms. The fourth-order valence-corrected chi connectivity index (χ4v) is 5.95. The third kappa shape index (κ3) is 3.98. The molecule has 0 saturated heterocycles. The molecule has 0 radical (unpaired) electrons. The minimum Gasteiger partial charge on any atom is -0.362 e. The van der Waals surface area contributed by atoms with Crippen molar-refractivity contribution in [2.24, 2.45) is 5.41 Å². The molecular weight excluding hydrogens is 454 g/mol. The van der Waals surface area contributed by atoms with E-state index in [0.717, 1.165) is 33.6 Å². The normalized spacial score (nSPS) is 20.0. The van der Waals surface area contributed by atoms with E-state index in [1.807, 2.05) is 49.4 Å². The highest BCUT2D eigenvalue weighted by Gasteiger charge is 2.43. The van der Waals surface area contributed by atoms with Crippen molar-refractivity contribution in [1.29, 1.82) is 0 Å². The maximum atomic E-state index is 13.6. The summed E-state index contributed by atoms with van der Waals surface area (Å²) in [6.07, 6.45) is 1.17. The van der Waals surface area contributed by atoms with E-state index in [9.17, 15) is 9.59 Å². The Morgan fingerprint density at radius 3 is 2.64 bits per heavy atom. The lowest BCUT2D eigenvalue weighted by Gasteiger charge is -2.39. The molecule has 1 aliphatic heterocycles. The number of hydrogen-bond acceptors (Lipinski definition) is 5. The van der Waals surface area contributed by atoms with Gasteiger partial charge in [-0.3, -0.25) is 14.9 Å². The number of anilines is 1. The van der Waals surface area contributed by atoms with E-state index >= 15 is 0 Å². The van der Waals surface area contributed by atoms with E-state index in [1.165, 1.54) is 11.3 Å². The number of ketones is 1. The molecule has 5 rings (SSSR count). The van der Waals surface area contributed by atoms with Gasteiger partial charge in [0.05, 0.1) is 10.2 Å². The van der Waals surface area contributed by atoms with Gasteiger partial charge in [-0.15, -0.1) is 0 Å². The molecule has 3 aromatic rings. The van der Waals surface area contributed by atoms with Crippen LogP contribution in [0.4, 0.5) is 5.13 Å². The second-order valence-electron chi connectivity index (χ2n) is 9.39. The molecule has 1 aromatic heterocycles. The van der Waals surface area contributed by atoms with Gasteiger partial charge in [-0.2, -0.15) is 0 Å². The quantitative estimate of drug-likeness (QED) is 0.471. The Hall–Kier alpha value is -2.96. The summed E-state index contributed by atoms with van der Waals surface area (Å²) in [6.45, 7) is 6.07. The number of rotatable bonds is 3. The summed E-state index contributed by atoms with van der Waals surface area (Å²) < 4.78 is 0.998. The zero-order chi connectivity index (χ0) is 23.3. The van der Waals surface area contributed by atoms with Crippen LogP contribution >= 0.6 is 22.9 Å². The van der Waals surface area contributed by atoms with Crippen LogP contribution in [0.15, 0.2) is 71.1 Å². The van der Waals surface area contributed by atoms with Gasteiger partial charge in [0.15, 0.2) is 10.9 Å². The van der Waals surface area contributed by atoms with Crippen molar-refractivity contribution in [1.82, 2.24) is 10.3 Å². The summed E-state index contributed by atoms with van der Waals surface area (Å²) >= 11 is 8.03. The average molecular weight is 478 g/mol. The molecule has 0 fully saturated rings. The van der Waals surface area contributed by atoms with Crippen LogP contribution in [-0.2, 0) is 9.59 Å². The molecule has 2 aromatic carbocycles. The Labute approximate surface area is 201 Å². The summed E-state index contributed by atoms with van der Waals surface area (Å²) in [5.41, 5.74) is 4.20. The van der Waals surface area contributed by atoms with Gasteiger partial charge in [-0.25, -0.2) is 4.98 Å². The molecule has 7 heteroatoms. The highest BCUT2D eigenvalue weighted by atomic mass is 35.5. The van der Waals surface area contributed by atoms with E-state index in [1.54, 1.807) is 6.07 Å². The number of benzene rings is 2. The molecule has 0 unspecified atom stereocenters. The van der Waals surface area contributed by atoms with Crippen molar-refractivity contribution in [2.75, 3.05) is 5.32 Å². The summed E-state index contributed by atoms with van der Waals surface area (Å²) in [5.74, 6) is -0.766. The zero-order valence-corrected chi connectivity index (χ0v) is 20.2. The SMILES string of the molecule is CC1=C(C(=O)Nc2nc3ccccc3s2)[C@H](c2ccccc2Cl)C2=C(CC(C)(C)CC2=O)N1. The molecule has 168 valence electrons. The summed E-state index contributed by atoms with van der Waals surface area (Å²) in [6, 6.07) is 15.2. The number of dihydropyridines is 1. The highest BCUT2D eigenvalue weighted by Crippen LogP contribution is 2.48. The molecule has 0 spiro atoms. The number of para-hydroxylation sites is 1. The zero-order valence-electron chi connectivity index (χ0n) is 18.7. The Balaban J connectivity index is 1.59. The summed E-state index contributed by atoms with van der Waals surface area (Å²) in [4.78, 5) is 31.6. The van der Waals surface area contributed by atoms with Crippen LogP contribution in [-0.4, -0.2) is 16.7 Å². The van der Waals surface area contributed by atoms with Crippen molar-refractivity contribution in [3.63, 3.8) is 0 Å². The number of thiazole rings is 1. The predicted octanol–water partition coefficient (Wildman–Crippen LogP) is 6.19. The first kappa shape index (κ1) is 21.9. The van der Waals surface area contributed by atoms with Crippen molar-refractivity contribution >= 4 is 50.0 Å². The van der Waals surface area contributed by atoms with Crippen LogP contribution in [0.1, 0.15) is 45.1 Å². The Bertz CT molecular complexity index is 1340. The smallest absolute Gasteiger partial charge is 0.256 e. The maximum Gasteiger partial charge on any atom is 0.256 e. The molecule has 1 aliphatic carbocycles. The fraction of sp³-hybridized carbons (Fsp3) is 0.269. The van der Waals surface area contributed by atoms with Crippen LogP contribution in [0.5, 0.6) is 0 Å². The number of carbonyl (C=O) groups is 2. The van der Waals surface area contributed by atoms with Crippen LogP contribution in [0.3, 0.4) is 0 Å². The number of Topliss-reactive ketones (excluding diaryl/α,β-unsaturated/α-hetero) is 1. The first-order chi connectivity index (χ1) is 15.7. The van der Waals surface area contributed by atoms with Crippen molar-refractivity contribution in [2.45, 2.75) is 39.5 Å². The molecule has 33 heavy (non-hydrogen) atoms. The van der Waals surface area contributed by atoms with Crippen molar-refractivity contribution in [3.8, 4) is 0 Å². The molecule has 2 aliphatic rings. The number of carbonyl (C=O) groups excluding carboxylic acids is 2. The number of nitrogens with one attached hydrogen (secondary N) is 2. The first-order valence-electron chi connectivity index (χ1n) is 10.9. The van der Waals surface area contributed by atoms with E-state index in [4.69, 9.17) is 11.6 Å². The van der Waals surface area contributed by atoms with Gasteiger partial charge < -0.3 is 5.32 Å². The van der Waals surface area contributed by atoms with Crippen LogP contribution in [0.25, 0.3) is 10.2 Å². The van der Waals surface area contributed by atoms with E-state index < -0.39 is 5.92 Å². The second kappa shape index (κ2) is 8.12. The third-order valence-electron chi connectivity index (χ3n) is 6.21. The number of halogens is 1. The Kier molecular flexibility index (Phi) is 5.38. The molecule has 5 nitrogen and oxygen atoms in total. The number of nitrogens with zero attached hydrogens (tertiary/aromatic N) is 1. The average Bonchev–Trinajstić information content (AvgIpc) is 3.14. The van der Waals surface area contributed by atoms with Gasteiger partial charge in [-0.1, -0.05) is 67.1 Å². The van der Waals surface area contributed by atoms with Gasteiger partial charge in [0.25, 0.3) is 5.91 Å². The lowest BCUT2D eigenvalue weighted by Crippen LogP contribution is -2.39. The van der Waals surface area contributed by atoms with Crippen molar-refractivity contribution < 1.29 is 9.59 Å². The highest BCUT2D eigenvalue weighted by molar-refractivity contribution is 7.22. The summed E-state index contributed by atoms with van der Waals surface area (Å²) in [5, 5.41) is 7.41. The van der Waals surface area contributed by atoms with Crippen molar-refractivity contribution in [3.05, 3.63) is 81.7 Å². The molecule has 2 N–H and O–H groups in total. The number of aromatic nitrogens is 1. The van der Waals surface area contributed by atoms with E-state index in [2.05, 4.69) is 29.5 Å². The van der Waals surface area contributed by atoms with Gasteiger partial charge >= 0.3 is 0 Å². The second-order valence-corrected chi connectivity index (χ2v) is 10.8. The molecule has 0 saturated carbocycles. The lowest BCUT2D eigenvalue weighted by atomic mass is 9.68. The number of fused-ring (bicyclic) bond motifs is 1. The van der Waals surface area contributed by atoms with E-state index in [0.29, 0.717) is 27.7 Å². The molecule has 1 atom stereocenters. The van der Waals surface area contributed by atoms with Gasteiger partial charge in [0.1, 0.15) is 0 Å². The first-order valence-corrected chi connectivity index (χ1v) is 12.1. The number of hydrogen-bond donors (Lipinski definition) is 2. The topological polar surface area (TPSA) is 71.1 Å². The van der Waals surface area contributed by atoms with E-state index in [-0.39, 0.29) is 17.1 Å². The number of amides is 1. The maximum absolute atomic E-state index is 13.6. The molecular formula is C26H24ClN3O2S. The van der Waals surface area contributed by atoms with Gasteiger partial charge in [0, 0.05) is 39.9 Å². The van der Waals surface area contributed by atoms with Gasteiger partial charge in [-0.05, 0) is 42.5 Å². The fourth-order valence-electron chi connectivity index (χ4n) is 4.85. The standard InChI is InChI=1S/C26H24ClN3O2S/c1-14-21(24(32)30-25-29-17-10-6-7-11-20(17)33-25)22(15-8-4-5-9-16(15)27)23-18(28-14)12-26(2,3)13-19(23)31/h4-11,22,28H,12-13H2,1-3H3,(H,29,30,32)/t22-/m0/s1. The minimum absolute atomic E-state index is 0.0523. The Morgan fingerprint density at radius 2 is 1.88 bits per heavy atom. The summed E-state index contributed by atoms with van der Waals surface area (Å²) in [7, 11) is 0. The van der Waals surface area contributed by atoms with Crippen LogP contribution in [0, 0.1) is 5.41 Å². The Morgan fingerprint density at radius 1 is 1.15 bits per heavy atom. The van der Waals surface area contributed by atoms with Crippen LogP contribution in [0.2, 0.25) is 5.02 Å². The predicted molar refractivity (Wildman–Crippen MR) is 133 cm³/mol. The minimum atomic E-state index is -0.534. The largest absolute Gasteiger partial charge is 0.362 e. The molecule has 2 heterocycles. The van der Waals surface area contributed by atoms with Gasteiger partial charge in [0.2, 0.25) is 0 Å². The third-order valence-corrected chi connectivity index (χ3v) is 7.51. The lowest BCUT2D eigenvalue weighted by molar-refractivity contribution is -0.118.